The fourth-order valence-electron chi connectivity index (χ4n) is 3.72. The van der Waals surface area contributed by atoms with Crippen molar-refractivity contribution in [2.75, 3.05) is 0 Å². The second-order valence-electron chi connectivity index (χ2n) is 5.08. The summed E-state index contributed by atoms with van der Waals surface area (Å²) < 4.78 is 0. The lowest BCUT2D eigenvalue weighted by Crippen LogP contribution is -2.39. The smallest absolute Gasteiger partial charge is 0.0831 e. The minimum atomic E-state index is 0.231. The monoisotopic (exact) mass is 201 g/mol. The Labute approximate surface area is 89.8 Å². The summed E-state index contributed by atoms with van der Waals surface area (Å²) in [5, 5.41) is 2.31. The highest BCUT2D eigenvalue weighted by atomic mass is 16.7. The van der Waals surface area contributed by atoms with E-state index in [2.05, 4.69) is 35.4 Å². The summed E-state index contributed by atoms with van der Waals surface area (Å²) in [6.07, 6.45) is 5.55. The molecular formula is C13H15NO. The average molecular weight is 201 g/mol. The highest BCUT2D eigenvalue weighted by Gasteiger charge is 2.60. The zero-order valence-corrected chi connectivity index (χ0v) is 8.73. The number of rotatable bonds is 1. The van der Waals surface area contributed by atoms with Crippen molar-refractivity contribution in [3.8, 4) is 0 Å². The van der Waals surface area contributed by atoms with Crippen molar-refractivity contribution in [2.24, 2.45) is 0 Å². The standard InChI is InChI=1S/C13H15NO/c1-2-4-10(5-3-1)13-7-6-11-8-12(9-13)15-14(11)13/h1-5,11-12H,6-9H2/t11-,12-,13+/m1/s1. The molecule has 3 aliphatic rings. The predicted molar refractivity (Wildman–Crippen MR) is 57.1 cm³/mol. The molecule has 4 rings (SSSR count). The lowest BCUT2D eigenvalue weighted by molar-refractivity contribution is -0.146. The second-order valence-corrected chi connectivity index (χ2v) is 5.08. The molecule has 78 valence electrons. The van der Waals surface area contributed by atoms with Gasteiger partial charge in [-0.15, -0.1) is 0 Å². The van der Waals surface area contributed by atoms with Crippen molar-refractivity contribution < 1.29 is 4.84 Å². The van der Waals surface area contributed by atoms with Crippen LogP contribution in [-0.4, -0.2) is 17.2 Å². The minimum absolute atomic E-state index is 0.231. The Morgan fingerprint density at radius 3 is 2.93 bits per heavy atom. The minimum Gasteiger partial charge on any atom is -0.294 e. The molecule has 3 aliphatic heterocycles. The summed E-state index contributed by atoms with van der Waals surface area (Å²) >= 11 is 0. The van der Waals surface area contributed by atoms with Crippen molar-refractivity contribution in [3.05, 3.63) is 35.9 Å². The summed E-state index contributed by atoms with van der Waals surface area (Å²) in [5.41, 5.74) is 1.68. The first-order chi connectivity index (χ1) is 7.38. The maximum absolute atomic E-state index is 5.95. The third kappa shape index (κ3) is 0.918. The molecule has 15 heavy (non-hydrogen) atoms. The topological polar surface area (TPSA) is 12.5 Å². The van der Waals surface area contributed by atoms with Gasteiger partial charge < -0.3 is 0 Å². The molecule has 0 saturated carbocycles. The lowest BCUT2D eigenvalue weighted by Gasteiger charge is -2.33. The van der Waals surface area contributed by atoms with Gasteiger partial charge in [-0.2, -0.15) is 5.06 Å². The van der Waals surface area contributed by atoms with Gasteiger partial charge in [0.1, 0.15) is 0 Å². The average Bonchev–Trinajstić information content (AvgIpc) is 2.87. The second kappa shape index (κ2) is 2.63. The van der Waals surface area contributed by atoms with E-state index in [4.69, 9.17) is 4.84 Å². The van der Waals surface area contributed by atoms with E-state index in [1.807, 2.05) is 0 Å². The van der Waals surface area contributed by atoms with Crippen LogP contribution in [0, 0.1) is 0 Å². The zero-order chi connectivity index (χ0) is 9.88. The van der Waals surface area contributed by atoms with Crippen molar-refractivity contribution in [3.63, 3.8) is 0 Å². The molecule has 2 bridgehead atoms. The van der Waals surface area contributed by atoms with E-state index in [1.54, 1.807) is 0 Å². The zero-order valence-electron chi connectivity index (χ0n) is 8.73. The van der Waals surface area contributed by atoms with Crippen LogP contribution in [0.3, 0.4) is 0 Å². The van der Waals surface area contributed by atoms with Gasteiger partial charge in [-0.25, -0.2) is 0 Å². The van der Waals surface area contributed by atoms with Crippen molar-refractivity contribution in [1.29, 1.82) is 0 Å². The number of benzene rings is 1. The van der Waals surface area contributed by atoms with E-state index in [0.717, 1.165) is 0 Å². The van der Waals surface area contributed by atoms with Crippen LogP contribution in [0.25, 0.3) is 0 Å². The first-order valence-corrected chi connectivity index (χ1v) is 5.90. The molecule has 0 spiro atoms. The molecule has 3 atom stereocenters. The first-order valence-electron chi connectivity index (χ1n) is 5.90. The Bertz CT molecular complexity index is 391. The van der Waals surface area contributed by atoms with Crippen LogP contribution in [0.5, 0.6) is 0 Å². The molecule has 0 aliphatic carbocycles. The molecule has 3 saturated heterocycles. The Morgan fingerprint density at radius 2 is 2.13 bits per heavy atom. The number of piperidine rings is 1. The van der Waals surface area contributed by atoms with Crippen molar-refractivity contribution >= 4 is 0 Å². The molecule has 0 N–H and O–H groups in total. The maximum Gasteiger partial charge on any atom is 0.0831 e. The van der Waals surface area contributed by atoms with E-state index in [9.17, 15) is 0 Å². The van der Waals surface area contributed by atoms with E-state index in [1.165, 1.54) is 31.2 Å². The maximum atomic E-state index is 5.95. The van der Waals surface area contributed by atoms with Crippen LogP contribution in [-0.2, 0) is 10.4 Å². The third-order valence-corrected chi connectivity index (χ3v) is 4.32. The molecule has 1 aromatic carbocycles. The van der Waals surface area contributed by atoms with Crippen LogP contribution < -0.4 is 0 Å². The van der Waals surface area contributed by atoms with Crippen LogP contribution in [0.4, 0.5) is 0 Å². The highest BCUT2D eigenvalue weighted by Crippen LogP contribution is 2.56. The van der Waals surface area contributed by atoms with Gasteiger partial charge in [0, 0.05) is 12.5 Å². The normalized spacial score (nSPS) is 42.7. The quantitative estimate of drug-likeness (QED) is 0.692. The molecule has 0 radical (unpaired) electrons. The molecular weight excluding hydrogens is 186 g/mol. The van der Waals surface area contributed by atoms with Crippen LogP contribution in [0.1, 0.15) is 31.2 Å². The Kier molecular flexibility index (Phi) is 1.46. The summed E-state index contributed by atoms with van der Waals surface area (Å²) in [6.45, 7) is 0. The summed E-state index contributed by atoms with van der Waals surface area (Å²) in [4.78, 5) is 5.95. The van der Waals surface area contributed by atoms with Crippen LogP contribution in [0.2, 0.25) is 0 Å². The van der Waals surface area contributed by atoms with Crippen molar-refractivity contribution in [2.45, 2.75) is 43.4 Å². The molecule has 1 aromatic rings. The number of nitrogens with zero attached hydrogens (tertiary/aromatic N) is 1. The van der Waals surface area contributed by atoms with Gasteiger partial charge in [-0.05, 0) is 24.8 Å². The van der Waals surface area contributed by atoms with Crippen LogP contribution in [0.15, 0.2) is 30.3 Å². The molecule has 0 aromatic heterocycles. The number of hydrogen-bond acceptors (Lipinski definition) is 2. The van der Waals surface area contributed by atoms with Crippen LogP contribution >= 0.6 is 0 Å². The molecule has 0 unspecified atom stereocenters. The van der Waals surface area contributed by atoms with E-state index in [0.29, 0.717) is 12.1 Å². The predicted octanol–water partition coefficient (Wildman–Crippen LogP) is 2.45. The number of fused-ring (bicyclic) bond motifs is 1. The van der Waals surface area contributed by atoms with Gasteiger partial charge in [0.25, 0.3) is 0 Å². The van der Waals surface area contributed by atoms with E-state index >= 15 is 0 Å². The summed E-state index contributed by atoms with van der Waals surface area (Å²) in [6, 6.07) is 11.6. The third-order valence-electron chi connectivity index (χ3n) is 4.32. The van der Waals surface area contributed by atoms with Gasteiger partial charge in [0.15, 0.2) is 0 Å². The highest BCUT2D eigenvalue weighted by molar-refractivity contribution is 5.29. The molecule has 3 heterocycles. The Balaban J connectivity index is 1.83. The lowest BCUT2D eigenvalue weighted by atomic mass is 9.83. The van der Waals surface area contributed by atoms with E-state index < -0.39 is 0 Å². The fourth-order valence-corrected chi connectivity index (χ4v) is 3.72. The summed E-state index contributed by atoms with van der Waals surface area (Å²) in [5.74, 6) is 0. The Morgan fingerprint density at radius 1 is 1.27 bits per heavy atom. The van der Waals surface area contributed by atoms with Gasteiger partial charge in [0.2, 0.25) is 0 Å². The summed E-state index contributed by atoms with van der Waals surface area (Å²) in [7, 11) is 0. The Hall–Kier alpha value is -0.860. The first kappa shape index (κ1) is 8.31. The molecule has 3 fully saturated rings. The largest absolute Gasteiger partial charge is 0.294 e. The SMILES string of the molecule is c1ccc([C@]23CC[C@@H]4C[C@H](C2)ON43)cc1. The number of hydroxylamine groups is 2. The fraction of sp³-hybridized carbons (Fsp3) is 0.538. The molecule has 2 heteroatoms. The number of hydrogen-bond donors (Lipinski definition) is 0. The molecule has 0 amide bonds. The van der Waals surface area contributed by atoms with Gasteiger partial charge in [-0.1, -0.05) is 30.3 Å². The van der Waals surface area contributed by atoms with Crippen molar-refractivity contribution in [1.82, 2.24) is 5.06 Å². The van der Waals surface area contributed by atoms with Gasteiger partial charge >= 0.3 is 0 Å². The molecule has 2 nitrogen and oxygen atoms in total. The van der Waals surface area contributed by atoms with Gasteiger partial charge in [-0.3, -0.25) is 4.84 Å². The van der Waals surface area contributed by atoms with E-state index in [-0.39, 0.29) is 5.54 Å². The van der Waals surface area contributed by atoms with Gasteiger partial charge in [0.05, 0.1) is 11.6 Å².